The lowest BCUT2D eigenvalue weighted by molar-refractivity contribution is 0.0932. The first-order chi connectivity index (χ1) is 11.2. The summed E-state index contributed by atoms with van der Waals surface area (Å²) in [6, 6.07) is 0. The smallest absolute Gasteiger partial charge is 0.170 e. The lowest BCUT2D eigenvalue weighted by atomic mass is 9.99. The Kier molecular flexibility index (Phi) is 4.46. The Bertz CT molecular complexity index is 747. The lowest BCUT2D eigenvalue weighted by Gasteiger charge is -2.06. The van der Waals surface area contributed by atoms with Crippen LogP contribution >= 0.6 is 0 Å². The molecule has 1 atom stereocenters. The number of ketones is 1. The molecular formula is C18H24N4O. The highest BCUT2D eigenvalue weighted by molar-refractivity contribution is 6.11. The van der Waals surface area contributed by atoms with Crippen molar-refractivity contribution in [3.05, 3.63) is 30.1 Å². The minimum atomic E-state index is -0.00851. The zero-order valence-corrected chi connectivity index (χ0v) is 13.7. The molecule has 5 nitrogen and oxygen atoms in total. The zero-order chi connectivity index (χ0) is 16.4. The summed E-state index contributed by atoms with van der Waals surface area (Å²) in [5, 5.41) is 5.22. The normalized spacial score (nSPS) is 16.9. The zero-order valence-electron chi connectivity index (χ0n) is 13.7. The topological polar surface area (TPSA) is 73.8 Å². The predicted octanol–water partition coefficient (Wildman–Crippen LogP) is 3.52. The molecule has 1 aliphatic carbocycles. The number of nitrogens with two attached hydrogens (primary N) is 1. The highest BCUT2D eigenvalue weighted by Crippen LogP contribution is 2.36. The van der Waals surface area contributed by atoms with E-state index in [-0.39, 0.29) is 11.7 Å². The number of allylic oxidation sites excluding steroid dienone is 1. The highest BCUT2D eigenvalue weighted by Gasteiger charge is 2.34. The van der Waals surface area contributed by atoms with Crippen LogP contribution in [-0.2, 0) is 13.0 Å². The van der Waals surface area contributed by atoms with Crippen molar-refractivity contribution < 1.29 is 4.79 Å². The van der Waals surface area contributed by atoms with Crippen LogP contribution in [0.5, 0.6) is 0 Å². The predicted molar refractivity (Wildman–Crippen MR) is 92.4 cm³/mol. The Labute approximate surface area is 136 Å². The molecule has 0 saturated heterocycles. The molecule has 2 N–H and O–H groups in total. The van der Waals surface area contributed by atoms with Crippen molar-refractivity contribution in [2.75, 3.05) is 5.73 Å². The molecule has 3 rings (SSSR count). The third-order valence-corrected chi connectivity index (χ3v) is 4.65. The maximum absolute atomic E-state index is 12.6. The van der Waals surface area contributed by atoms with Crippen LogP contribution < -0.4 is 5.73 Å². The van der Waals surface area contributed by atoms with Gasteiger partial charge < -0.3 is 5.73 Å². The van der Waals surface area contributed by atoms with Gasteiger partial charge in [0.05, 0.1) is 28.5 Å². The fourth-order valence-electron chi connectivity index (χ4n) is 3.34. The third kappa shape index (κ3) is 2.76. The van der Waals surface area contributed by atoms with Crippen LogP contribution in [0.1, 0.15) is 55.1 Å². The first kappa shape index (κ1) is 15.7. The van der Waals surface area contributed by atoms with Crippen LogP contribution in [0.3, 0.4) is 0 Å². The number of aromatic nitrogens is 3. The van der Waals surface area contributed by atoms with E-state index in [4.69, 9.17) is 10.7 Å². The second kappa shape index (κ2) is 6.52. The fourth-order valence-corrected chi connectivity index (χ4v) is 3.34. The quantitative estimate of drug-likeness (QED) is 0.627. The second-order valence-electron chi connectivity index (χ2n) is 6.29. The van der Waals surface area contributed by atoms with E-state index in [1.54, 1.807) is 6.20 Å². The van der Waals surface area contributed by atoms with Crippen molar-refractivity contribution in [2.24, 2.45) is 5.92 Å². The van der Waals surface area contributed by atoms with Gasteiger partial charge in [-0.25, -0.2) is 9.67 Å². The van der Waals surface area contributed by atoms with Gasteiger partial charge in [-0.05, 0) is 19.3 Å². The number of carbonyl (C=O) groups is 1. The average Bonchev–Trinajstić information content (AvgIpc) is 3.08. The number of anilines is 1. The van der Waals surface area contributed by atoms with Gasteiger partial charge in [0.25, 0.3) is 0 Å². The summed E-state index contributed by atoms with van der Waals surface area (Å²) >= 11 is 0. The minimum Gasteiger partial charge on any atom is -0.397 e. The molecule has 0 saturated carbocycles. The summed E-state index contributed by atoms with van der Waals surface area (Å²) in [6.07, 6.45) is 9.36. The van der Waals surface area contributed by atoms with E-state index in [1.165, 1.54) is 12.8 Å². The van der Waals surface area contributed by atoms with Gasteiger partial charge in [0.1, 0.15) is 0 Å². The van der Waals surface area contributed by atoms with Crippen molar-refractivity contribution in [3.8, 4) is 0 Å². The number of pyridine rings is 1. The van der Waals surface area contributed by atoms with Crippen LogP contribution in [0, 0.1) is 5.92 Å². The largest absolute Gasteiger partial charge is 0.397 e. The van der Waals surface area contributed by atoms with Crippen molar-refractivity contribution in [2.45, 2.75) is 52.0 Å². The maximum atomic E-state index is 12.6. The maximum Gasteiger partial charge on any atom is 0.170 e. The van der Waals surface area contributed by atoms with E-state index in [0.29, 0.717) is 17.7 Å². The van der Waals surface area contributed by atoms with Gasteiger partial charge in [0.15, 0.2) is 11.4 Å². The summed E-state index contributed by atoms with van der Waals surface area (Å²) in [5.41, 5.74) is 9.12. The number of nitrogen functional groups attached to an aromatic ring is 1. The Hall–Kier alpha value is -2.17. The van der Waals surface area contributed by atoms with E-state index in [2.05, 4.69) is 18.6 Å². The molecule has 0 spiro atoms. The van der Waals surface area contributed by atoms with Gasteiger partial charge in [-0.2, -0.15) is 5.10 Å². The van der Waals surface area contributed by atoms with Gasteiger partial charge >= 0.3 is 0 Å². The first-order valence-electron chi connectivity index (χ1n) is 8.46. The van der Waals surface area contributed by atoms with Crippen LogP contribution in [0.15, 0.2) is 18.9 Å². The molecule has 2 aromatic heterocycles. The monoisotopic (exact) mass is 312 g/mol. The Balaban J connectivity index is 1.94. The van der Waals surface area contributed by atoms with Gasteiger partial charge in [-0.3, -0.25) is 4.79 Å². The molecule has 122 valence electrons. The van der Waals surface area contributed by atoms with Crippen LogP contribution in [0.2, 0.25) is 0 Å². The lowest BCUT2D eigenvalue weighted by Crippen LogP contribution is -2.10. The molecule has 1 aliphatic rings. The number of Topliss-reactive ketones (excluding diaryl/α,β-unsaturated/α-hetero) is 1. The first-order valence-corrected chi connectivity index (χ1v) is 8.46. The number of fused-ring (bicyclic) bond motifs is 2. The number of hydrogen-bond donors (Lipinski definition) is 1. The second-order valence-corrected chi connectivity index (χ2v) is 6.29. The van der Waals surface area contributed by atoms with Crippen molar-refractivity contribution >= 4 is 22.5 Å². The number of carbonyl (C=O) groups excluding carboxylic acids is 1. The van der Waals surface area contributed by atoms with Gasteiger partial charge in [0, 0.05) is 18.9 Å². The third-order valence-electron chi connectivity index (χ3n) is 4.65. The van der Waals surface area contributed by atoms with E-state index >= 15 is 0 Å². The molecule has 2 heterocycles. The molecule has 0 fully saturated rings. The van der Waals surface area contributed by atoms with Crippen LogP contribution in [0.25, 0.3) is 11.0 Å². The molecule has 5 heteroatoms. The summed E-state index contributed by atoms with van der Waals surface area (Å²) < 4.78 is 1.92. The van der Waals surface area contributed by atoms with Gasteiger partial charge in [-0.1, -0.05) is 25.8 Å². The standard InChI is InChI=1S/C18H24N4O/c1-3-5-7-9-22-18-13(11-20-22)16(19)15-14(21-18)10-12(17(15)23)8-6-4-2/h4,11-12H,2-3,5-10H2,1H3,(H2,19,21). The molecule has 23 heavy (non-hydrogen) atoms. The highest BCUT2D eigenvalue weighted by atomic mass is 16.1. The fraction of sp³-hybridized carbons (Fsp3) is 0.500. The SMILES string of the molecule is C=CCCC1Cc2nc3c(cnn3CCCCC)c(N)c2C1=O. The van der Waals surface area contributed by atoms with Gasteiger partial charge in [-0.15, -0.1) is 6.58 Å². The van der Waals surface area contributed by atoms with E-state index in [0.717, 1.165) is 42.5 Å². The summed E-state index contributed by atoms with van der Waals surface area (Å²) in [7, 11) is 0. The van der Waals surface area contributed by atoms with E-state index in [1.807, 2.05) is 10.8 Å². The van der Waals surface area contributed by atoms with E-state index in [9.17, 15) is 4.79 Å². The molecule has 2 aromatic rings. The Morgan fingerprint density at radius 3 is 3.04 bits per heavy atom. The molecule has 0 bridgehead atoms. The number of unbranched alkanes of at least 4 members (excludes halogenated alkanes) is 2. The summed E-state index contributed by atoms with van der Waals surface area (Å²) in [5.74, 6) is 0.123. The number of nitrogens with zero attached hydrogens (tertiary/aromatic N) is 3. The number of aryl methyl sites for hydroxylation is 1. The molecule has 0 amide bonds. The number of hydrogen-bond acceptors (Lipinski definition) is 4. The summed E-state index contributed by atoms with van der Waals surface area (Å²) in [4.78, 5) is 17.3. The van der Waals surface area contributed by atoms with Gasteiger partial charge in [0.2, 0.25) is 0 Å². The Morgan fingerprint density at radius 2 is 2.30 bits per heavy atom. The Morgan fingerprint density at radius 1 is 1.48 bits per heavy atom. The summed E-state index contributed by atoms with van der Waals surface area (Å²) in [6.45, 7) is 6.76. The molecule has 0 aromatic carbocycles. The van der Waals surface area contributed by atoms with Crippen LogP contribution in [-0.4, -0.2) is 20.5 Å². The van der Waals surface area contributed by atoms with E-state index < -0.39 is 0 Å². The van der Waals surface area contributed by atoms with Crippen molar-refractivity contribution in [1.82, 2.24) is 14.8 Å². The van der Waals surface area contributed by atoms with Crippen molar-refractivity contribution in [3.63, 3.8) is 0 Å². The molecular weight excluding hydrogens is 288 g/mol. The van der Waals surface area contributed by atoms with Crippen molar-refractivity contribution in [1.29, 1.82) is 0 Å². The minimum absolute atomic E-state index is 0.00851. The molecule has 1 unspecified atom stereocenters. The number of rotatable bonds is 7. The average molecular weight is 312 g/mol. The van der Waals surface area contributed by atoms with Crippen LogP contribution in [0.4, 0.5) is 5.69 Å². The molecule has 0 aliphatic heterocycles. The molecule has 0 radical (unpaired) electrons.